The summed E-state index contributed by atoms with van der Waals surface area (Å²) < 4.78 is 10.5. The van der Waals surface area contributed by atoms with Crippen molar-refractivity contribution in [1.29, 1.82) is 0 Å². The summed E-state index contributed by atoms with van der Waals surface area (Å²) in [5, 5.41) is 3.02. The maximum absolute atomic E-state index is 12.6. The molecule has 1 unspecified atom stereocenters. The van der Waals surface area contributed by atoms with Gasteiger partial charge in [0.25, 0.3) is 0 Å². The van der Waals surface area contributed by atoms with Crippen LogP contribution in [0.2, 0.25) is 0 Å². The summed E-state index contributed by atoms with van der Waals surface area (Å²) in [7, 11) is 1.65. The monoisotopic (exact) mass is 347 g/mol. The highest BCUT2D eigenvalue weighted by Crippen LogP contribution is 2.22. The number of nitrogens with one attached hydrogen (secondary N) is 1. The molecule has 0 aromatic heterocycles. The Bertz CT molecular complexity index is 543. The lowest BCUT2D eigenvalue weighted by atomic mass is 10.2. The van der Waals surface area contributed by atoms with Gasteiger partial charge in [0.1, 0.15) is 12.4 Å². The van der Waals surface area contributed by atoms with Crippen LogP contribution in [0.25, 0.3) is 0 Å². The molecular weight excluding hydrogens is 318 g/mol. The van der Waals surface area contributed by atoms with E-state index in [0.717, 1.165) is 37.4 Å². The second-order valence-corrected chi connectivity index (χ2v) is 6.79. The average molecular weight is 347 g/mol. The van der Waals surface area contributed by atoms with Crippen LogP contribution >= 0.6 is 0 Å². The minimum Gasteiger partial charge on any atom is -0.491 e. The predicted molar refractivity (Wildman–Crippen MR) is 98.2 cm³/mol. The highest BCUT2D eigenvalue weighted by molar-refractivity contribution is 5.89. The summed E-state index contributed by atoms with van der Waals surface area (Å²) in [4.78, 5) is 17.1. The Morgan fingerprint density at radius 3 is 2.60 bits per heavy atom. The van der Waals surface area contributed by atoms with Gasteiger partial charge >= 0.3 is 6.03 Å². The van der Waals surface area contributed by atoms with Crippen LogP contribution in [-0.4, -0.2) is 68.4 Å². The minimum absolute atomic E-state index is 0.00903. The van der Waals surface area contributed by atoms with Gasteiger partial charge in [0, 0.05) is 31.9 Å². The predicted octanol–water partition coefficient (Wildman–Crippen LogP) is 2.80. The molecule has 3 rings (SSSR count). The Morgan fingerprint density at radius 2 is 1.88 bits per heavy atom. The standard InChI is InChI=1S/C19H29N3O3/c1-24-13-14-25-18-8-6-16(7-9-18)20-19(23)22-12-4-5-17(22)15-21-10-2-3-11-21/h6-9,17H,2-5,10-15H2,1H3,(H,20,23). The zero-order chi connectivity index (χ0) is 17.5. The van der Waals surface area contributed by atoms with E-state index in [-0.39, 0.29) is 6.03 Å². The number of likely N-dealkylation sites (tertiary alicyclic amines) is 2. The zero-order valence-electron chi connectivity index (χ0n) is 15.1. The molecule has 0 bridgehead atoms. The van der Waals surface area contributed by atoms with Crippen LogP contribution in [0, 0.1) is 0 Å². The molecule has 1 aromatic carbocycles. The normalized spacial score (nSPS) is 20.8. The van der Waals surface area contributed by atoms with Crippen LogP contribution in [0.5, 0.6) is 5.75 Å². The van der Waals surface area contributed by atoms with E-state index in [0.29, 0.717) is 19.3 Å². The molecule has 2 saturated heterocycles. The molecule has 6 heteroatoms. The molecule has 2 fully saturated rings. The lowest BCUT2D eigenvalue weighted by molar-refractivity contribution is 0.146. The van der Waals surface area contributed by atoms with Crippen molar-refractivity contribution >= 4 is 11.7 Å². The van der Waals surface area contributed by atoms with Crippen LogP contribution in [0.4, 0.5) is 10.5 Å². The van der Waals surface area contributed by atoms with Crippen LogP contribution in [0.1, 0.15) is 25.7 Å². The van der Waals surface area contributed by atoms with Gasteiger partial charge in [-0.05, 0) is 63.0 Å². The van der Waals surface area contributed by atoms with Gasteiger partial charge in [-0.1, -0.05) is 0 Å². The average Bonchev–Trinajstić information content (AvgIpc) is 3.29. The number of amides is 2. The second kappa shape index (κ2) is 9.06. The molecule has 2 aliphatic heterocycles. The molecule has 6 nitrogen and oxygen atoms in total. The molecular formula is C19H29N3O3. The Balaban J connectivity index is 1.50. The molecule has 0 spiro atoms. The van der Waals surface area contributed by atoms with Crippen molar-refractivity contribution in [2.24, 2.45) is 0 Å². The van der Waals surface area contributed by atoms with Gasteiger partial charge in [0.05, 0.1) is 6.61 Å². The number of benzene rings is 1. The summed E-state index contributed by atoms with van der Waals surface area (Å²) in [6, 6.07) is 7.86. The highest BCUT2D eigenvalue weighted by Gasteiger charge is 2.30. The van der Waals surface area contributed by atoms with Crippen LogP contribution in [0.15, 0.2) is 24.3 Å². The number of carbonyl (C=O) groups is 1. The van der Waals surface area contributed by atoms with Gasteiger partial charge in [-0.3, -0.25) is 0 Å². The number of urea groups is 1. The van der Waals surface area contributed by atoms with Crippen molar-refractivity contribution in [2.75, 3.05) is 51.8 Å². The molecule has 0 radical (unpaired) electrons. The van der Waals surface area contributed by atoms with Crippen molar-refractivity contribution < 1.29 is 14.3 Å². The molecule has 0 saturated carbocycles. The molecule has 1 aromatic rings. The summed E-state index contributed by atoms with van der Waals surface area (Å²) in [5.41, 5.74) is 0.802. The molecule has 0 aliphatic carbocycles. The van der Waals surface area contributed by atoms with E-state index in [9.17, 15) is 4.79 Å². The molecule has 138 valence electrons. The molecule has 2 heterocycles. The third-order valence-electron chi connectivity index (χ3n) is 4.97. The first-order valence-electron chi connectivity index (χ1n) is 9.28. The van der Waals surface area contributed by atoms with Crippen molar-refractivity contribution in [3.63, 3.8) is 0 Å². The fourth-order valence-electron chi connectivity index (χ4n) is 3.63. The van der Waals surface area contributed by atoms with Crippen molar-refractivity contribution in [3.8, 4) is 5.75 Å². The van der Waals surface area contributed by atoms with E-state index in [4.69, 9.17) is 9.47 Å². The Kier molecular flexibility index (Phi) is 6.53. The number of hydrogen-bond donors (Lipinski definition) is 1. The smallest absolute Gasteiger partial charge is 0.322 e. The van der Waals surface area contributed by atoms with E-state index >= 15 is 0 Å². The van der Waals surface area contributed by atoms with Gasteiger partial charge in [0.15, 0.2) is 0 Å². The molecule has 1 N–H and O–H groups in total. The quantitative estimate of drug-likeness (QED) is 0.771. The molecule has 1 atom stereocenters. The number of anilines is 1. The fourth-order valence-corrected chi connectivity index (χ4v) is 3.63. The van der Waals surface area contributed by atoms with Gasteiger partial charge in [0.2, 0.25) is 0 Å². The van der Waals surface area contributed by atoms with E-state index in [1.54, 1.807) is 7.11 Å². The van der Waals surface area contributed by atoms with Gasteiger partial charge in [-0.25, -0.2) is 4.79 Å². The lowest BCUT2D eigenvalue weighted by Crippen LogP contribution is -2.44. The van der Waals surface area contributed by atoms with Crippen molar-refractivity contribution in [1.82, 2.24) is 9.80 Å². The Morgan fingerprint density at radius 1 is 1.12 bits per heavy atom. The summed E-state index contributed by atoms with van der Waals surface area (Å²) in [6.07, 6.45) is 4.78. The summed E-state index contributed by atoms with van der Waals surface area (Å²) >= 11 is 0. The highest BCUT2D eigenvalue weighted by atomic mass is 16.5. The Labute approximate surface area is 150 Å². The van der Waals surface area contributed by atoms with Gasteiger partial charge in [-0.2, -0.15) is 0 Å². The van der Waals surface area contributed by atoms with Crippen LogP contribution < -0.4 is 10.1 Å². The Hall–Kier alpha value is -1.79. The first-order valence-corrected chi connectivity index (χ1v) is 9.28. The number of hydrogen-bond acceptors (Lipinski definition) is 4. The molecule has 2 aliphatic rings. The number of rotatable bonds is 7. The lowest BCUT2D eigenvalue weighted by Gasteiger charge is -2.28. The first kappa shape index (κ1) is 18.0. The third kappa shape index (κ3) is 5.09. The maximum atomic E-state index is 12.6. The number of nitrogens with zero attached hydrogens (tertiary/aromatic N) is 2. The van der Waals surface area contributed by atoms with Crippen LogP contribution in [0.3, 0.4) is 0 Å². The number of carbonyl (C=O) groups excluding carboxylic acids is 1. The SMILES string of the molecule is COCCOc1ccc(NC(=O)N2CCCC2CN2CCCC2)cc1. The second-order valence-electron chi connectivity index (χ2n) is 6.79. The van der Waals surface area contributed by atoms with E-state index < -0.39 is 0 Å². The van der Waals surface area contributed by atoms with Crippen molar-refractivity contribution in [2.45, 2.75) is 31.7 Å². The zero-order valence-corrected chi connectivity index (χ0v) is 15.1. The van der Waals surface area contributed by atoms with Crippen molar-refractivity contribution in [3.05, 3.63) is 24.3 Å². The van der Waals surface area contributed by atoms with Gasteiger partial charge < -0.3 is 24.6 Å². The van der Waals surface area contributed by atoms with E-state index in [2.05, 4.69) is 10.2 Å². The minimum atomic E-state index is 0.00903. The molecule has 25 heavy (non-hydrogen) atoms. The third-order valence-corrected chi connectivity index (χ3v) is 4.97. The van der Waals surface area contributed by atoms with Crippen LogP contribution in [-0.2, 0) is 4.74 Å². The largest absolute Gasteiger partial charge is 0.491 e. The molecule has 2 amide bonds. The fraction of sp³-hybridized carbons (Fsp3) is 0.632. The van der Waals surface area contributed by atoms with Gasteiger partial charge in [-0.15, -0.1) is 0 Å². The van der Waals surface area contributed by atoms with E-state index in [1.165, 1.54) is 25.9 Å². The summed E-state index contributed by atoms with van der Waals surface area (Å²) in [6.45, 7) is 5.30. The summed E-state index contributed by atoms with van der Waals surface area (Å²) in [5.74, 6) is 0.781. The number of methoxy groups -OCH3 is 1. The number of ether oxygens (including phenoxy) is 2. The van der Waals surface area contributed by atoms with E-state index in [1.807, 2.05) is 29.2 Å². The topological polar surface area (TPSA) is 54.0 Å². The maximum Gasteiger partial charge on any atom is 0.322 e. The first-order chi connectivity index (χ1) is 12.3.